The third-order valence-electron chi connectivity index (χ3n) is 3.53. The van der Waals surface area contributed by atoms with Crippen molar-refractivity contribution in [3.05, 3.63) is 35.8 Å². The average molecular weight is 419 g/mol. The van der Waals surface area contributed by atoms with Crippen molar-refractivity contribution in [2.45, 2.75) is 19.3 Å². The second kappa shape index (κ2) is 7.22. The van der Waals surface area contributed by atoms with Crippen LogP contribution in [0.5, 0.6) is 5.75 Å². The van der Waals surface area contributed by atoms with Crippen LogP contribution in [0.4, 0.5) is 32.2 Å². The van der Waals surface area contributed by atoms with Gasteiger partial charge in [-0.1, -0.05) is 5.16 Å². The first-order valence-corrected chi connectivity index (χ1v) is 7.78. The highest BCUT2D eigenvalue weighted by molar-refractivity contribution is 5.68. The second-order valence-corrected chi connectivity index (χ2v) is 5.75. The number of hydrogen-bond acceptors (Lipinski definition) is 7. The molecule has 0 radical (unpaired) electrons. The Labute approximate surface area is 158 Å². The van der Waals surface area contributed by atoms with Crippen LogP contribution in [0.2, 0.25) is 0 Å². The first-order chi connectivity index (χ1) is 13.4. The lowest BCUT2D eigenvalue weighted by Crippen LogP contribution is -2.20. The molecule has 2 N–H and O–H groups in total. The second-order valence-electron chi connectivity index (χ2n) is 5.75. The Morgan fingerprint density at radius 1 is 1.10 bits per heavy atom. The van der Waals surface area contributed by atoms with Crippen LogP contribution < -0.4 is 10.5 Å². The molecule has 0 aliphatic carbocycles. The van der Waals surface area contributed by atoms with E-state index in [9.17, 15) is 26.3 Å². The lowest BCUT2D eigenvalue weighted by Gasteiger charge is -2.15. The molecule has 0 spiro atoms. The van der Waals surface area contributed by atoms with Crippen molar-refractivity contribution in [3.63, 3.8) is 0 Å². The van der Waals surface area contributed by atoms with E-state index in [2.05, 4.69) is 24.8 Å². The summed E-state index contributed by atoms with van der Waals surface area (Å²) < 4.78 is 85.8. The van der Waals surface area contributed by atoms with E-state index < -0.39 is 30.3 Å². The molecule has 0 bridgehead atoms. The first kappa shape index (κ1) is 20.4. The lowest BCUT2D eigenvalue weighted by molar-refractivity contribution is -0.158. The standard InChI is InChI=1S/C16H11F6N5O2/c1-7-24-5-9(12(23)25-7)13-26-14(29-27-13)8-2-3-11(28-6-15(17,18)19)10(4-8)16(20,21)22/h2-5H,6H2,1H3,(H2,23,24,25). The molecule has 29 heavy (non-hydrogen) atoms. The molecule has 0 fully saturated rings. The van der Waals surface area contributed by atoms with Crippen molar-refractivity contribution in [2.24, 2.45) is 0 Å². The zero-order chi connectivity index (χ0) is 21.4. The fourth-order valence-corrected chi connectivity index (χ4v) is 2.28. The summed E-state index contributed by atoms with van der Waals surface area (Å²) in [6, 6.07) is 2.36. The molecule has 2 aromatic heterocycles. The minimum atomic E-state index is -4.98. The zero-order valence-electron chi connectivity index (χ0n) is 14.5. The van der Waals surface area contributed by atoms with Gasteiger partial charge in [0, 0.05) is 11.8 Å². The van der Waals surface area contributed by atoms with Crippen LogP contribution in [-0.4, -0.2) is 32.9 Å². The average Bonchev–Trinajstić information content (AvgIpc) is 3.08. The Hall–Kier alpha value is -3.38. The smallest absolute Gasteiger partial charge is 0.422 e. The van der Waals surface area contributed by atoms with Crippen LogP contribution in [0.3, 0.4) is 0 Å². The zero-order valence-corrected chi connectivity index (χ0v) is 14.5. The Bertz CT molecular complexity index is 1030. The van der Waals surface area contributed by atoms with Gasteiger partial charge in [0.1, 0.15) is 17.4 Å². The molecule has 0 saturated carbocycles. The summed E-state index contributed by atoms with van der Waals surface area (Å²) in [5.41, 5.74) is 4.34. The van der Waals surface area contributed by atoms with E-state index in [-0.39, 0.29) is 28.7 Å². The molecule has 3 rings (SSSR count). The molecule has 0 aliphatic rings. The highest BCUT2D eigenvalue weighted by Crippen LogP contribution is 2.39. The fourth-order valence-electron chi connectivity index (χ4n) is 2.28. The first-order valence-electron chi connectivity index (χ1n) is 7.78. The van der Waals surface area contributed by atoms with Crippen molar-refractivity contribution >= 4 is 5.82 Å². The fraction of sp³-hybridized carbons (Fsp3) is 0.250. The van der Waals surface area contributed by atoms with Crippen LogP contribution in [0.25, 0.3) is 22.8 Å². The molecule has 0 saturated heterocycles. The summed E-state index contributed by atoms with van der Waals surface area (Å²) >= 11 is 0. The van der Waals surface area contributed by atoms with Gasteiger partial charge >= 0.3 is 12.4 Å². The maximum Gasteiger partial charge on any atom is 0.422 e. The summed E-state index contributed by atoms with van der Waals surface area (Å²) in [4.78, 5) is 11.8. The van der Waals surface area contributed by atoms with Gasteiger partial charge in [-0.3, -0.25) is 0 Å². The Morgan fingerprint density at radius 3 is 2.45 bits per heavy atom. The number of ether oxygens (including phenoxy) is 1. The quantitative estimate of drug-likeness (QED) is 0.637. The molecular weight excluding hydrogens is 408 g/mol. The molecule has 154 valence electrons. The summed E-state index contributed by atoms with van der Waals surface area (Å²) in [6.45, 7) is -0.268. The predicted octanol–water partition coefficient (Wildman–Crippen LogP) is 4.04. The monoisotopic (exact) mass is 419 g/mol. The topological polar surface area (TPSA) is 100.0 Å². The molecule has 7 nitrogen and oxygen atoms in total. The van der Waals surface area contributed by atoms with Crippen molar-refractivity contribution in [2.75, 3.05) is 12.3 Å². The summed E-state index contributed by atoms with van der Waals surface area (Å²) in [7, 11) is 0. The number of aromatic nitrogens is 4. The largest absolute Gasteiger partial charge is 0.483 e. The molecule has 1 aromatic carbocycles. The number of nitrogens with zero attached hydrogens (tertiary/aromatic N) is 4. The number of benzene rings is 1. The summed E-state index contributed by atoms with van der Waals surface area (Å²) in [5.74, 6) is -0.929. The van der Waals surface area contributed by atoms with Gasteiger partial charge in [0.2, 0.25) is 5.82 Å². The van der Waals surface area contributed by atoms with Gasteiger partial charge in [-0.15, -0.1) is 0 Å². The number of halogens is 6. The third-order valence-corrected chi connectivity index (χ3v) is 3.53. The van der Waals surface area contributed by atoms with Crippen LogP contribution in [0, 0.1) is 6.92 Å². The van der Waals surface area contributed by atoms with Crippen molar-refractivity contribution < 1.29 is 35.6 Å². The van der Waals surface area contributed by atoms with Gasteiger partial charge in [0.25, 0.3) is 5.89 Å². The molecule has 0 aliphatic heterocycles. The predicted molar refractivity (Wildman–Crippen MR) is 86.5 cm³/mol. The Morgan fingerprint density at radius 2 is 1.83 bits per heavy atom. The minimum Gasteiger partial charge on any atom is -0.483 e. The summed E-state index contributed by atoms with van der Waals surface area (Å²) in [6.07, 6.45) is -8.45. The number of anilines is 1. The van der Waals surface area contributed by atoms with Crippen LogP contribution in [0.15, 0.2) is 28.9 Å². The van der Waals surface area contributed by atoms with Gasteiger partial charge in [0.05, 0.1) is 11.1 Å². The SMILES string of the molecule is Cc1ncc(-c2noc(-c3ccc(OCC(F)(F)F)c(C(F)(F)F)c3)n2)c(N)n1. The van der Waals surface area contributed by atoms with Gasteiger partial charge in [-0.25, -0.2) is 9.97 Å². The van der Waals surface area contributed by atoms with Crippen molar-refractivity contribution in [1.82, 2.24) is 20.1 Å². The Kier molecular flexibility index (Phi) is 5.07. The molecule has 2 heterocycles. The number of rotatable bonds is 4. The van der Waals surface area contributed by atoms with E-state index in [1.165, 1.54) is 6.20 Å². The molecule has 0 atom stereocenters. The van der Waals surface area contributed by atoms with E-state index in [0.717, 1.165) is 12.1 Å². The minimum absolute atomic E-state index is 0.0386. The van der Waals surface area contributed by atoms with Gasteiger partial charge in [-0.2, -0.15) is 31.3 Å². The highest BCUT2D eigenvalue weighted by atomic mass is 19.4. The van der Waals surface area contributed by atoms with Gasteiger partial charge < -0.3 is 15.0 Å². The third kappa shape index (κ3) is 4.73. The molecular formula is C16H11F6N5O2. The van der Waals surface area contributed by atoms with Crippen LogP contribution in [-0.2, 0) is 6.18 Å². The molecule has 3 aromatic rings. The maximum atomic E-state index is 13.3. The van der Waals surface area contributed by atoms with Gasteiger partial charge in [0.15, 0.2) is 6.61 Å². The number of aryl methyl sites for hydroxylation is 1. The number of nitrogen functional groups attached to an aromatic ring is 1. The molecule has 0 unspecified atom stereocenters. The van der Waals surface area contributed by atoms with Crippen LogP contribution >= 0.6 is 0 Å². The lowest BCUT2D eigenvalue weighted by atomic mass is 10.1. The maximum absolute atomic E-state index is 13.3. The van der Waals surface area contributed by atoms with E-state index in [4.69, 9.17) is 10.3 Å². The number of hydrogen-bond donors (Lipinski definition) is 1. The number of alkyl halides is 6. The number of nitrogens with two attached hydrogens (primary N) is 1. The van der Waals surface area contributed by atoms with Crippen molar-refractivity contribution in [3.8, 4) is 28.6 Å². The van der Waals surface area contributed by atoms with Crippen LogP contribution in [0.1, 0.15) is 11.4 Å². The molecule has 13 heteroatoms. The van der Waals surface area contributed by atoms with E-state index in [1.807, 2.05) is 0 Å². The van der Waals surface area contributed by atoms with Crippen molar-refractivity contribution in [1.29, 1.82) is 0 Å². The Balaban J connectivity index is 1.96. The van der Waals surface area contributed by atoms with E-state index in [0.29, 0.717) is 11.9 Å². The summed E-state index contributed by atoms with van der Waals surface area (Å²) in [5, 5.41) is 3.63. The van der Waals surface area contributed by atoms with E-state index >= 15 is 0 Å². The van der Waals surface area contributed by atoms with Gasteiger partial charge in [-0.05, 0) is 25.1 Å². The van der Waals surface area contributed by atoms with E-state index in [1.54, 1.807) is 6.92 Å². The normalized spacial score (nSPS) is 12.2. The molecule has 0 amide bonds. The highest BCUT2D eigenvalue weighted by Gasteiger charge is 2.37.